The molecule has 1 heterocycles. The number of rotatable bonds is 6. The molecule has 6 nitrogen and oxygen atoms in total. The number of aryl methyl sites for hydroxylation is 1. The number of carbonyl (C=O) groups is 1. The maximum absolute atomic E-state index is 12.2. The van der Waals surface area contributed by atoms with Crippen molar-refractivity contribution in [1.82, 2.24) is 0 Å². The lowest BCUT2D eigenvalue weighted by molar-refractivity contribution is -0.145. The lowest BCUT2D eigenvalue weighted by Gasteiger charge is -2.24. The van der Waals surface area contributed by atoms with Crippen molar-refractivity contribution in [3.63, 3.8) is 0 Å². The Kier molecular flexibility index (Phi) is 7.18. The highest BCUT2D eigenvalue weighted by Crippen LogP contribution is 2.44. The summed E-state index contributed by atoms with van der Waals surface area (Å²) in [4.78, 5) is 12.6. The van der Waals surface area contributed by atoms with E-state index < -0.39 is 12.2 Å². The van der Waals surface area contributed by atoms with Crippen LogP contribution in [0.1, 0.15) is 36.1 Å². The van der Waals surface area contributed by atoms with Gasteiger partial charge in [0.2, 0.25) is 0 Å². The third-order valence-electron chi connectivity index (χ3n) is 4.84. The number of hydrogen-bond donors (Lipinski definition) is 1. The molecule has 160 valence electrons. The molecule has 2 atom stereocenters. The molecule has 0 saturated carbocycles. The highest BCUT2D eigenvalue weighted by molar-refractivity contribution is 7.80. The van der Waals surface area contributed by atoms with Crippen molar-refractivity contribution in [3.05, 3.63) is 52.0 Å². The molecular weight excluding hydrogens is 426 g/mol. The molecule has 0 aliphatic carbocycles. The number of methoxy groups -OCH3 is 2. The number of ether oxygens (including phenoxy) is 4. The monoisotopic (exact) mass is 449 g/mol. The Morgan fingerprint density at radius 2 is 2.00 bits per heavy atom. The first-order valence-corrected chi connectivity index (χ1v) is 10.3. The van der Waals surface area contributed by atoms with Gasteiger partial charge in [0.05, 0.1) is 27.2 Å². The van der Waals surface area contributed by atoms with E-state index in [9.17, 15) is 4.79 Å². The maximum Gasteiger partial charge on any atom is 0.308 e. The van der Waals surface area contributed by atoms with Gasteiger partial charge in [-0.15, -0.1) is 0 Å². The molecule has 0 spiro atoms. The van der Waals surface area contributed by atoms with E-state index in [1.54, 1.807) is 27.2 Å². The molecule has 1 aliphatic heterocycles. The first-order valence-electron chi connectivity index (χ1n) is 9.52. The van der Waals surface area contributed by atoms with Gasteiger partial charge in [0.15, 0.2) is 11.5 Å². The molecule has 2 aromatic carbocycles. The SMILES string of the molecule is CCOC(=O)C[C@H]1O[C@H](c2cccc(OC)c2OC)c2cc(Cl)c(C)cc2NC1=S. The lowest BCUT2D eigenvalue weighted by Crippen LogP contribution is -2.31. The van der Waals surface area contributed by atoms with Crippen LogP contribution in [-0.4, -0.2) is 37.9 Å². The maximum atomic E-state index is 12.2. The summed E-state index contributed by atoms with van der Waals surface area (Å²) >= 11 is 12.0. The zero-order valence-electron chi connectivity index (χ0n) is 17.3. The van der Waals surface area contributed by atoms with Crippen molar-refractivity contribution in [2.45, 2.75) is 32.5 Å². The molecular formula is C22H24ClNO5S. The number of fused-ring (bicyclic) bond motifs is 1. The minimum absolute atomic E-state index is 0.0108. The smallest absolute Gasteiger partial charge is 0.308 e. The van der Waals surface area contributed by atoms with Crippen LogP contribution in [0.25, 0.3) is 0 Å². The number of hydrogen-bond acceptors (Lipinski definition) is 6. The normalized spacial score (nSPS) is 18.1. The van der Waals surface area contributed by atoms with E-state index in [2.05, 4.69) is 5.32 Å². The Morgan fingerprint density at radius 1 is 1.23 bits per heavy atom. The second-order valence-electron chi connectivity index (χ2n) is 6.77. The number of anilines is 1. The average Bonchev–Trinajstić information content (AvgIpc) is 2.84. The predicted octanol–water partition coefficient (Wildman–Crippen LogP) is 4.85. The van der Waals surface area contributed by atoms with Crippen LogP contribution in [-0.2, 0) is 14.3 Å². The molecule has 0 unspecified atom stereocenters. The van der Waals surface area contributed by atoms with Crippen molar-refractivity contribution in [2.24, 2.45) is 0 Å². The number of benzene rings is 2. The van der Waals surface area contributed by atoms with Gasteiger partial charge in [0, 0.05) is 21.8 Å². The third kappa shape index (κ3) is 4.53. The Morgan fingerprint density at radius 3 is 2.67 bits per heavy atom. The summed E-state index contributed by atoms with van der Waals surface area (Å²) in [5.41, 5.74) is 3.18. The summed E-state index contributed by atoms with van der Waals surface area (Å²) in [7, 11) is 3.14. The highest BCUT2D eigenvalue weighted by atomic mass is 35.5. The summed E-state index contributed by atoms with van der Waals surface area (Å²) in [6.45, 7) is 3.96. The number of thiocarbonyl (C=S) groups is 1. The van der Waals surface area contributed by atoms with Crippen molar-refractivity contribution in [3.8, 4) is 11.5 Å². The van der Waals surface area contributed by atoms with Gasteiger partial charge >= 0.3 is 5.97 Å². The molecule has 8 heteroatoms. The van der Waals surface area contributed by atoms with Gasteiger partial charge in [0.1, 0.15) is 17.2 Å². The van der Waals surface area contributed by atoms with Crippen LogP contribution in [0.15, 0.2) is 30.3 Å². The number of para-hydroxylation sites is 1. The number of carbonyl (C=O) groups excluding carboxylic acids is 1. The number of halogens is 1. The molecule has 0 fully saturated rings. The fourth-order valence-electron chi connectivity index (χ4n) is 3.41. The minimum Gasteiger partial charge on any atom is -0.493 e. The van der Waals surface area contributed by atoms with E-state index in [0.717, 1.165) is 22.4 Å². The summed E-state index contributed by atoms with van der Waals surface area (Å²) in [6.07, 6.45) is -1.30. The zero-order valence-corrected chi connectivity index (χ0v) is 18.9. The Labute approximate surface area is 186 Å². The molecule has 30 heavy (non-hydrogen) atoms. The average molecular weight is 450 g/mol. The van der Waals surface area contributed by atoms with Gasteiger partial charge in [-0.2, -0.15) is 0 Å². The van der Waals surface area contributed by atoms with Crippen LogP contribution in [0.5, 0.6) is 11.5 Å². The first kappa shape index (κ1) is 22.3. The topological polar surface area (TPSA) is 66.0 Å². The van der Waals surface area contributed by atoms with E-state index in [4.69, 9.17) is 42.8 Å². The van der Waals surface area contributed by atoms with Crippen LogP contribution in [0, 0.1) is 6.92 Å². The fraction of sp³-hybridized carbons (Fsp3) is 0.364. The van der Waals surface area contributed by atoms with Crippen LogP contribution >= 0.6 is 23.8 Å². The molecule has 0 amide bonds. The number of nitrogens with one attached hydrogen (secondary N) is 1. The van der Waals surface area contributed by atoms with Gasteiger partial charge in [-0.25, -0.2) is 0 Å². The Bertz CT molecular complexity index is 965. The van der Waals surface area contributed by atoms with Gasteiger partial charge < -0.3 is 24.3 Å². The summed E-state index contributed by atoms with van der Waals surface area (Å²) < 4.78 is 22.6. The molecule has 0 bridgehead atoms. The van der Waals surface area contributed by atoms with Crippen molar-refractivity contribution < 1.29 is 23.7 Å². The van der Waals surface area contributed by atoms with E-state index >= 15 is 0 Å². The molecule has 0 saturated heterocycles. The van der Waals surface area contributed by atoms with Gasteiger partial charge in [-0.3, -0.25) is 4.79 Å². The lowest BCUT2D eigenvalue weighted by atomic mass is 9.97. The molecule has 3 rings (SSSR count). The summed E-state index contributed by atoms with van der Waals surface area (Å²) in [5.74, 6) is 0.721. The molecule has 1 aliphatic rings. The van der Waals surface area contributed by atoms with E-state index in [-0.39, 0.29) is 19.0 Å². The van der Waals surface area contributed by atoms with Crippen LogP contribution in [0.2, 0.25) is 5.02 Å². The van der Waals surface area contributed by atoms with E-state index in [1.165, 1.54) is 0 Å². The second-order valence-corrected chi connectivity index (χ2v) is 7.62. The van der Waals surface area contributed by atoms with Crippen molar-refractivity contribution >= 4 is 40.5 Å². The third-order valence-corrected chi connectivity index (χ3v) is 5.61. The summed E-state index contributed by atoms with van der Waals surface area (Å²) in [5, 5.41) is 3.82. The minimum atomic E-state index is -0.688. The summed E-state index contributed by atoms with van der Waals surface area (Å²) in [6, 6.07) is 9.31. The van der Waals surface area contributed by atoms with Gasteiger partial charge in [-0.1, -0.05) is 36.0 Å². The molecule has 0 radical (unpaired) electrons. The first-order chi connectivity index (χ1) is 14.4. The van der Waals surface area contributed by atoms with Gasteiger partial charge in [0.25, 0.3) is 0 Å². The largest absolute Gasteiger partial charge is 0.493 e. The van der Waals surface area contributed by atoms with E-state index in [0.29, 0.717) is 21.5 Å². The van der Waals surface area contributed by atoms with Gasteiger partial charge in [-0.05, 0) is 37.6 Å². The molecule has 2 aromatic rings. The Hall–Kier alpha value is -2.35. The second kappa shape index (κ2) is 9.64. The van der Waals surface area contributed by atoms with Crippen molar-refractivity contribution in [2.75, 3.05) is 26.1 Å². The fourth-order valence-corrected chi connectivity index (χ4v) is 3.83. The van der Waals surface area contributed by atoms with Crippen molar-refractivity contribution in [1.29, 1.82) is 0 Å². The highest BCUT2D eigenvalue weighted by Gasteiger charge is 2.34. The standard InChI is InChI=1S/C22H24ClNO5S/c1-5-28-19(25)11-18-22(30)24-16-9-12(2)15(23)10-14(16)20(29-18)13-7-6-8-17(26-3)21(13)27-4/h6-10,18,20H,5,11H2,1-4H3,(H,24,30)/t18-,20-/m1/s1. The van der Waals surface area contributed by atoms with Crippen LogP contribution < -0.4 is 14.8 Å². The predicted molar refractivity (Wildman–Crippen MR) is 120 cm³/mol. The number of esters is 1. The quantitative estimate of drug-likeness (QED) is 0.499. The zero-order chi connectivity index (χ0) is 21.8. The molecule has 1 N–H and O–H groups in total. The molecule has 0 aromatic heterocycles. The van der Waals surface area contributed by atoms with Crippen LogP contribution in [0.4, 0.5) is 5.69 Å². The van der Waals surface area contributed by atoms with E-state index in [1.807, 2.05) is 31.2 Å². The van der Waals surface area contributed by atoms with Crippen LogP contribution in [0.3, 0.4) is 0 Å². The Balaban J connectivity index is 2.14.